The molecule has 16 heavy (non-hydrogen) atoms. The van der Waals surface area contributed by atoms with Gasteiger partial charge in [-0.3, -0.25) is 4.79 Å². The first-order valence-corrected chi connectivity index (χ1v) is 5.99. The highest BCUT2D eigenvalue weighted by Crippen LogP contribution is 2.23. The minimum absolute atomic E-state index is 0.178. The van der Waals surface area contributed by atoms with E-state index in [1.165, 1.54) is 24.0 Å². The van der Waals surface area contributed by atoms with Crippen LogP contribution in [0.15, 0.2) is 37.9 Å². The molecule has 2 rings (SSSR count). The standard InChI is InChI=1S/C9H7BrN4OS/c1-5-12-6(10)4-8(13-5)16-9-11-3-2-7(15)14-9/h2-4H,1H3,(H,11,14,15). The Bertz CT molecular complexity index is 551. The summed E-state index contributed by atoms with van der Waals surface area (Å²) in [4.78, 5) is 26.0. The molecule has 0 fully saturated rings. The van der Waals surface area contributed by atoms with Crippen LogP contribution in [0.4, 0.5) is 0 Å². The Balaban J connectivity index is 2.30. The summed E-state index contributed by atoms with van der Waals surface area (Å²) in [5.41, 5.74) is -0.178. The minimum atomic E-state index is -0.178. The molecule has 0 atom stereocenters. The van der Waals surface area contributed by atoms with Crippen molar-refractivity contribution in [1.82, 2.24) is 19.9 Å². The molecule has 0 bridgehead atoms. The van der Waals surface area contributed by atoms with Crippen LogP contribution in [-0.2, 0) is 0 Å². The number of nitrogens with one attached hydrogen (secondary N) is 1. The van der Waals surface area contributed by atoms with Crippen LogP contribution >= 0.6 is 27.7 Å². The molecule has 0 amide bonds. The Morgan fingerprint density at radius 2 is 2.25 bits per heavy atom. The van der Waals surface area contributed by atoms with Gasteiger partial charge in [0.2, 0.25) is 0 Å². The van der Waals surface area contributed by atoms with E-state index in [0.29, 0.717) is 15.6 Å². The third-order valence-corrected chi connectivity index (χ3v) is 2.86. The second-order valence-corrected chi connectivity index (χ2v) is 4.74. The van der Waals surface area contributed by atoms with Gasteiger partial charge in [0.15, 0.2) is 5.16 Å². The Hall–Kier alpha value is -1.21. The summed E-state index contributed by atoms with van der Waals surface area (Å²) in [7, 11) is 0. The quantitative estimate of drug-likeness (QED) is 0.676. The number of halogens is 1. The number of aryl methyl sites for hydroxylation is 1. The van der Waals surface area contributed by atoms with Crippen molar-refractivity contribution in [2.45, 2.75) is 17.1 Å². The predicted molar refractivity (Wildman–Crippen MR) is 63.4 cm³/mol. The number of nitrogens with zero attached hydrogens (tertiary/aromatic N) is 3. The van der Waals surface area contributed by atoms with Gasteiger partial charge in [0.05, 0.1) is 0 Å². The van der Waals surface area contributed by atoms with Crippen LogP contribution in [0.25, 0.3) is 0 Å². The van der Waals surface area contributed by atoms with E-state index in [1.807, 2.05) is 0 Å². The molecule has 1 N–H and O–H groups in total. The lowest BCUT2D eigenvalue weighted by Crippen LogP contribution is -2.05. The first-order chi connectivity index (χ1) is 7.63. The molecule has 5 nitrogen and oxygen atoms in total. The molecule has 0 radical (unpaired) electrons. The van der Waals surface area contributed by atoms with Crippen LogP contribution in [0.3, 0.4) is 0 Å². The van der Waals surface area contributed by atoms with Gasteiger partial charge in [0.1, 0.15) is 15.5 Å². The molecule has 0 spiro atoms. The Morgan fingerprint density at radius 3 is 2.94 bits per heavy atom. The monoisotopic (exact) mass is 298 g/mol. The van der Waals surface area contributed by atoms with Crippen LogP contribution < -0.4 is 5.56 Å². The summed E-state index contributed by atoms with van der Waals surface area (Å²) in [6.45, 7) is 1.80. The molecular weight excluding hydrogens is 292 g/mol. The Labute approximate surface area is 104 Å². The van der Waals surface area contributed by atoms with E-state index in [1.54, 1.807) is 13.0 Å². The largest absolute Gasteiger partial charge is 0.301 e. The number of hydrogen-bond donors (Lipinski definition) is 1. The molecule has 0 aliphatic rings. The van der Waals surface area contributed by atoms with Gasteiger partial charge in [-0.25, -0.2) is 15.0 Å². The van der Waals surface area contributed by atoms with Gasteiger partial charge in [-0.05, 0) is 34.6 Å². The highest BCUT2D eigenvalue weighted by molar-refractivity contribution is 9.10. The predicted octanol–water partition coefficient (Wildman–Crippen LogP) is 1.78. The summed E-state index contributed by atoms with van der Waals surface area (Å²) in [6.07, 6.45) is 1.46. The Morgan fingerprint density at radius 1 is 1.44 bits per heavy atom. The number of aromatic nitrogens is 4. The normalized spacial score (nSPS) is 10.4. The number of H-pyrrole nitrogens is 1. The first-order valence-electron chi connectivity index (χ1n) is 4.38. The summed E-state index contributed by atoms with van der Waals surface area (Å²) in [5, 5.41) is 1.24. The zero-order valence-corrected chi connectivity index (χ0v) is 10.7. The lowest BCUT2D eigenvalue weighted by atomic mass is 10.6. The Kier molecular flexibility index (Phi) is 3.35. The average molecular weight is 299 g/mol. The maximum absolute atomic E-state index is 11.1. The maximum Gasteiger partial charge on any atom is 0.251 e. The third kappa shape index (κ3) is 2.89. The van der Waals surface area contributed by atoms with Crippen molar-refractivity contribution in [1.29, 1.82) is 0 Å². The van der Waals surface area contributed by atoms with Gasteiger partial charge < -0.3 is 4.98 Å². The number of hydrogen-bond acceptors (Lipinski definition) is 5. The molecule has 0 unspecified atom stereocenters. The van der Waals surface area contributed by atoms with Gasteiger partial charge >= 0.3 is 0 Å². The molecule has 0 aromatic carbocycles. The summed E-state index contributed by atoms with van der Waals surface area (Å²) >= 11 is 4.57. The van der Waals surface area contributed by atoms with Crippen molar-refractivity contribution in [3.8, 4) is 0 Å². The van der Waals surface area contributed by atoms with Gasteiger partial charge in [-0.1, -0.05) is 0 Å². The summed E-state index contributed by atoms with van der Waals surface area (Å²) < 4.78 is 0.709. The topological polar surface area (TPSA) is 71.5 Å². The van der Waals surface area contributed by atoms with Crippen LogP contribution in [-0.4, -0.2) is 19.9 Å². The fraction of sp³-hybridized carbons (Fsp3) is 0.111. The van der Waals surface area contributed by atoms with Crippen LogP contribution in [0, 0.1) is 6.92 Å². The van der Waals surface area contributed by atoms with Crippen LogP contribution in [0.2, 0.25) is 0 Å². The molecule has 7 heteroatoms. The van der Waals surface area contributed by atoms with Crippen molar-refractivity contribution in [2.24, 2.45) is 0 Å². The summed E-state index contributed by atoms with van der Waals surface area (Å²) in [5.74, 6) is 0.662. The molecule has 0 saturated carbocycles. The fourth-order valence-corrected chi connectivity index (χ4v) is 2.50. The van der Waals surface area contributed by atoms with E-state index < -0.39 is 0 Å². The van der Waals surface area contributed by atoms with E-state index in [-0.39, 0.29) is 5.56 Å². The number of rotatable bonds is 2. The lowest BCUT2D eigenvalue weighted by molar-refractivity contribution is 0.914. The van der Waals surface area contributed by atoms with Crippen LogP contribution in [0.5, 0.6) is 0 Å². The molecule has 2 heterocycles. The molecule has 0 aliphatic heterocycles. The second-order valence-electron chi connectivity index (χ2n) is 2.92. The highest BCUT2D eigenvalue weighted by Gasteiger charge is 2.03. The third-order valence-electron chi connectivity index (χ3n) is 1.63. The highest BCUT2D eigenvalue weighted by atomic mass is 79.9. The lowest BCUT2D eigenvalue weighted by Gasteiger charge is -2.01. The van der Waals surface area contributed by atoms with E-state index >= 15 is 0 Å². The van der Waals surface area contributed by atoms with Gasteiger partial charge in [-0.2, -0.15) is 0 Å². The minimum Gasteiger partial charge on any atom is -0.301 e. The maximum atomic E-state index is 11.1. The van der Waals surface area contributed by atoms with Gasteiger partial charge in [-0.15, -0.1) is 0 Å². The van der Waals surface area contributed by atoms with Gasteiger partial charge in [0.25, 0.3) is 5.56 Å². The van der Waals surface area contributed by atoms with Crippen molar-refractivity contribution >= 4 is 27.7 Å². The molecule has 2 aromatic rings. The van der Waals surface area contributed by atoms with Crippen molar-refractivity contribution in [2.75, 3.05) is 0 Å². The zero-order chi connectivity index (χ0) is 11.5. The van der Waals surface area contributed by atoms with Crippen molar-refractivity contribution < 1.29 is 0 Å². The zero-order valence-electron chi connectivity index (χ0n) is 8.27. The van der Waals surface area contributed by atoms with Crippen molar-refractivity contribution in [3.05, 3.63) is 39.1 Å². The van der Waals surface area contributed by atoms with E-state index in [0.717, 1.165) is 5.03 Å². The average Bonchev–Trinajstić information content (AvgIpc) is 2.15. The molecule has 0 saturated heterocycles. The smallest absolute Gasteiger partial charge is 0.251 e. The summed E-state index contributed by atoms with van der Waals surface area (Å²) in [6, 6.07) is 3.13. The SMILES string of the molecule is Cc1nc(Br)cc(Sc2nccc(=O)[nH]2)n1. The molecular formula is C9H7BrN4OS. The van der Waals surface area contributed by atoms with E-state index in [4.69, 9.17) is 0 Å². The molecule has 0 aliphatic carbocycles. The molecule has 2 aromatic heterocycles. The van der Waals surface area contributed by atoms with E-state index in [9.17, 15) is 4.79 Å². The van der Waals surface area contributed by atoms with Crippen molar-refractivity contribution in [3.63, 3.8) is 0 Å². The second kappa shape index (κ2) is 4.75. The molecule has 82 valence electrons. The number of aromatic amines is 1. The van der Waals surface area contributed by atoms with Gasteiger partial charge in [0, 0.05) is 18.3 Å². The van der Waals surface area contributed by atoms with Crippen LogP contribution in [0.1, 0.15) is 5.82 Å². The van der Waals surface area contributed by atoms with E-state index in [2.05, 4.69) is 35.9 Å². The fourth-order valence-electron chi connectivity index (χ4n) is 1.06. The first kappa shape index (κ1) is 11.3.